The molecular formula is C21H26Br2O2. The Kier molecular flexibility index (Phi) is 7.38. The predicted molar refractivity (Wildman–Crippen MR) is 112 cm³/mol. The maximum absolute atomic E-state index is 5.87. The third kappa shape index (κ3) is 5.01. The Labute approximate surface area is 168 Å². The van der Waals surface area contributed by atoms with Gasteiger partial charge in [-0.2, -0.15) is 0 Å². The zero-order valence-corrected chi connectivity index (χ0v) is 18.5. The summed E-state index contributed by atoms with van der Waals surface area (Å²) in [4.78, 5) is 0. The van der Waals surface area contributed by atoms with E-state index >= 15 is 0 Å². The Bertz CT molecular complexity index is 652. The molecule has 4 heteroatoms. The molecule has 0 fully saturated rings. The van der Waals surface area contributed by atoms with Gasteiger partial charge in [-0.1, -0.05) is 39.8 Å². The van der Waals surface area contributed by atoms with Crippen LogP contribution in [0.15, 0.2) is 45.3 Å². The first-order valence-electron chi connectivity index (χ1n) is 8.75. The summed E-state index contributed by atoms with van der Waals surface area (Å²) in [6.07, 6.45) is 1.98. The number of hydrogen-bond acceptors (Lipinski definition) is 2. The molecule has 0 saturated heterocycles. The first-order chi connectivity index (χ1) is 11.9. The lowest BCUT2D eigenvalue weighted by atomic mass is 9.78. The van der Waals surface area contributed by atoms with Gasteiger partial charge in [-0.05, 0) is 80.1 Å². The second-order valence-electron chi connectivity index (χ2n) is 6.61. The standard InChI is InChI=1S/C21H26Br2O2/c1-5-11-24-19-13-15(7-9-17(19)22)21(3,4)16-8-10-18(23)20(14-16)25-12-6-2/h7-10,13-14H,5-6,11-12H2,1-4H3. The SMILES string of the molecule is CCCOc1cc(C(C)(C)c2ccc(Br)c(OCCC)c2)ccc1Br. The lowest BCUT2D eigenvalue weighted by Crippen LogP contribution is -2.19. The quantitative estimate of drug-likeness (QED) is 0.409. The van der Waals surface area contributed by atoms with Gasteiger partial charge in [-0.25, -0.2) is 0 Å². The highest BCUT2D eigenvalue weighted by Crippen LogP contribution is 2.39. The zero-order chi connectivity index (χ0) is 18.4. The largest absolute Gasteiger partial charge is 0.492 e. The van der Waals surface area contributed by atoms with E-state index in [9.17, 15) is 0 Å². The van der Waals surface area contributed by atoms with E-state index in [0.717, 1.165) is 46.5 Å². The Morgan fingerprint density at radius 2 is 1.16 bits per heavy atom. The Morgan fingerprint density at radius 1 is 0.760 bits per heavy atom. The second kappa shape index (κ2) is 9.09. The molecule has 0 unspecified atom stereocenters. The van der Waals surface area contributed by atoms with Gasteiger partial charge >= 0.3 is 0 Å². The smallest absolute Gasteiger partial charge is 0.133 e. The number of halogens is 2. The molecule has 0 aliphatic carbocycles. The van der Waals surface area contributed by atoms with Crippen molar-refractivity contribution in [2.75, 3.05) is 13.2 Å². The van der Waals surface area contributed by atoms with Gasteiger partial charge in [0.15, 0.2) is 0 Å². The fourth-order valence-corrected chi connectivity index (χ4v) is 3.32. The average Bonchev–Trinajstić information content (AvgIpc) is 2.60. The Balaban J connectivity index is 2.37. The monoisotopic (exact) mass is 468 g/mol. The molecule has 0 saturated carbocycles. The van der Waals surface area contributed by atoms with Crippen LogP contribution in [0.2, 0.25) is 0 Å². The van der Waals surface area contributed by atoms with Crippen LogP contribution in [0.5, 0.6) is 11.5 Å². The summed E-state index contributed by atoms with van der Waals surface area (Å²) >= 11 is 7.16. The van der Waals surface area contributed by atoms with Crippen LogP contribution >= 0.6 is 31.9 Å². The highest BCUT2D eigenvalue weighted by molar-refractivity contribution is 9.10. The van der Waals surface area contributed by atoms with E-state index in [0.29, 0.717) is 0 Å². The molecule has 2 aromatic rings. The molecule has 25 heavy (non-hydrogen) atoms. The van der Waals surface area contributed by atoms with Crippen LogP contribution in [-0.2, 0) is 5.41 Å². The van der Waals surface area contributed by atoms with Gasteiger partial charge in [-0.15, -0.1) is 0 Å². The van der Waals surface area contributed by atoms with Gasteiger partial charge in [0.1, 0.15) is 11.5 Å². The zero-order valence-electron chi connectivity index (χ0n) is 15.4. The maximum Gasteiger partial charge on any atom is 0.133 e. The molecule has 0 radical (unpaired) electrons. The minimum atomic E-state index is -0.157. The molecule has 0 aliphatic heterocycles. The van der Waals surface area contributed by atoms with E-state index in [1.165, 1.54) is 11.1 Å². The van der Waals surface area contributed by atoms with Gasteiger partial charge in [0.2, 0.25) is 0 Å². The normalized spacial score (nSPS) is 11.4. The molecule has 2 aromatic carbocycles. The van der Waals surface area contributed by atoms with Crippen LogP contribution in [0.4, 0.5) is 0 Å². The first-order valence-corrected chi connectivity index (χ1v) is 10.3. The molecule has 0 N–H and O–H groups in total. The average molecular weight is 470 g/mol. The summed E-state index contributed by atoms with van der Waals surface area (Å²) in [5.41, 5.74) is 2.27. The van der Waals surface area contributed by atoms with E-state index in [4.69, 9.17) is 9.47 Å². The minimum absolute atomic E-state index is 0.157. The second-order valence-corrected chi connectivity index (χ2v) is 8.32. The van der Waals surface area contributed by atoms with Crippen molar-refractivity contribution in [1.29, 1.82) is 0 Å². The van der Waals surface area contributed by atoms with E-state index < -0.39 is 0 Å². The van der Waals surface area contributed by atoms with Crippen molar-refractivity contribution < 1.29 is 9.47 Å². The van der Waals surface area contributed by atoms with Crippen molar-refractivity contribution in [3.63, 3.8) is 0 Å². The van der Waals surface area contributed by atoms with Crippen LogP contribution < -0.4 is 9.47 Å². The van der Waals surface area contributed by atoms with Gasteiger partial charge < -0.3 is 9.47 Å². The summed E-state index contributed by atoms with van der Waals surface area (Å²) in [7, 11) is 0. The molecule has 2 rings (SSSR count). The van der Waals surface area contributed by atoms with E-state index in [2.05, 4.69) is 96.0 Å². The van der Waals surface area contributed by atoms with Crippen LogP contribution in [0.3, 0.4) is 0 Å². The fraction of sp³-hybridized carbons (Fsp3) is 0.429. The molecular weight excluding hydrogens is 444 g/mol. The highest BCUT2D eigenvalue weighted by Gasteiger charge is 2.25. The topological polar surface area (TPSA) is 18.5 Å². The number of ether oxygens (including phenoxy) is 2. The third-order valence-electron chi connectivity index (χ3n) is 4.23. The number of benzene rings is 2. The van der Waals surface area contributed by atoms with Gasteiger partial charge in [0.25, 0.3) is 0 Å². The number of rotatable bonds is 8. The molecule has 0 amide bonds. The Morgan fingerprint density at radius 3 is 1.52 bits per heavy atom. The summed E-state index contributed by atoms with van der Waals surface area (Å²) in [5.74, 6) is 1.79. The van der Waals surface area contributed by atoms with Gasteiger partial charge in [0, 0.05) is 5.41 Å². The fourth-order valence-electron chi connectivity index (χ4n) is 2.60. The van der Waals surface area contributed by atoms with E-state index in [1.807, 2.05) is 0 Å². The Hall–Kier alpha value is -1.00. The van der Waals surface area contributed by atoms with Crippen LogP contribution in [-0.4, -0.2) is 13.2 Å². The van der Waals surface area contributed by atoms with Gasteiger partial charge in [0.05, 0.1) is 22.2 Å². The van der Waals surface area contributed by atoms with Crippen LogP contribution in [0, 0.1) is 0 Å². The summed E-state index contributed by atoms with van der Waals surface area (Å²) in [6.45, 7) is 10.1. The molecule has 0 aromatic heterocycles. The lowest BCUT2D eigenvalue weighted by Gasteiger charge is -2.27. The molecule has 0 heterocycles. The molecule has 0 bridgehead atoms. The summed E-state index contributed by atoms with van der Waals surface area (Å²) < 4.78 is 13.7. The van der Waals surface area contributed by atoms with E-state index in [-0.39, 0.29) is 5.41 Å². The molecule has 2 nitrogen and oxygen atoms in total. The predicted octanol–water partition coefficient (Wildman–Crippen LogP) is 7.12. The van der Waals surface area contributed by atoms with Gasteiger partial charge in [-0.3, -0.25) is 0 Å². The number of hydrogen-bond donors (Lipinski definition) is 0. The van der Waals surface area contributed by atoms with Crippen molar-refractivity contribution in [3.05, 3.63) is 56.5 Å². The molecule has 136 valence electrons. The molecule has 0 aliphatic rings. The van der Waals surface area contributed by atoms with Crippen molar-refractivity contribution in [2.45, 2.75) is 46.0 Å². The lowest BCUT2D eigenvalue weighted by molar-refractivity contribution is 0.314. The van der Waals surface area contributed by atoms with Crippen molar-refractivity contribution in [3.8, 4) is 11.5 Å². The van der Waals surface area contributed by atoms with Crippen LogP contribution in [0.25, 0.3) is 0 Å². The maximum atomic E-state index is 5.87. The summed E-state index contributed by atoms with van der Waals surface area (Å²) in [6, 6.07) is 12.7. The van der Waals surface area contributed by atoms with Crippen molar-refractivity contribution >= 4 is 31.9 Å². The molecule has 0 spiro atoms. The van der Waals surface area contributed by atoms with Crippen molar-refractivity contribution in [1.82, 2.24) is 0 Å². The summed E-state index contributed by atoms with van der Waals surface area (Å²) in [5, 5.41) is 0. The molecule has 0 atom stereocenters. The third-order valence-corrected chi connectivity index (χ3v) is 5.54. The van der Waals surface area contributed by atoms with Crippen LogP contribution in [0.1, 0.15) is 51.7 Å². The van der Waals surface area contributed by atoms with Crippen molar-refractivity contribution in [2.24, 2.45) is 0 Å². The highest BCUT2D eigenvalue weighted by atomic mass is 79.9. The minimum Gasteiger partial charge on any atom is -0.492 e. The first kappa shape index (κ1) is 20.3. The van der Waals surface area contributed by atoms with E-state index in [1.54, 1.807) is 0 Å².